The van der Waals surface area contributed by atoms with Crippen molar-refractivity contribution < 1.29 is 8.42 Å². The predicted octanol–water partition coefficient (Wildman–Crippen LogP) is 0.101. The molecule has 0 fully saturated rings. The number of imidazole rings is 1. The van der Waals surface area contributed by atoms with Crippen LogP contribution in [0.1, 0.15) is 26.1 Å². The van der Waals surface area contributed by atoms with Gasteiger partial charge in [-0.3, -0.25) is 5.41 Å². The molecule has 1 rings (SSSR count). The van der Waals surface area contributed by atoms with Crippen molar-refractivity contribution in [3.63, 3.8) is 0 Å². The summed E-state index contributed by atoms with van der Waals surface area (Å²) in [5.74, 6) is 0.284. The maximum atomic E-state index is 12.0. The van der Waals surface area contributed by atoms with Crippen LogP contribution in [0.3, 0.4) is 0 Å². The number of aryl methyl sites for hydroxylation is 1. The van der Waals surface area contributed by atoms with Gasteiger partial charge in [0.15, 0.2) is 5.03 Å². The van der Waals surface area contributed by atoms with Crippen LogP contribution in [0.2, 0.25) is 0 Å². The molecule has 1 atom stereocenters. The fourth-order valence-corrected chi connectivity index (χ4v) is 2.63. The number of nitrogens with zero attached hydrogens (tertiary/aromatic N) is 1. The zero-order valence-electron chi connectivity index (χ0n) is 10.0. The molecule has 0 saturated heterocycles. The molecule has 7 nitrogen and oxygen atoms in total. The average Bonchev–Trinajstić information content (AvgIpc) is 2.64. The summed E-state index contributed by atoms with van der Waals surface area (Å²) in [5, 5.41) is 7.39. The number of hydrogen-bond donors (Lipinski definition) is 4. The van der Waals surface area contributed by atoms with Crippen LogP contribution in [0.25, 0.3) is 0 Å². The molecular weight excluding hydrogens is 242 g/mol. The van der Waals surface area contributed by atoms with Crippen molar-refractivity contribution in [3.05, 3.63) is 12.0 Å². The molecule has 17 heavy (non-hydrogen) atoms. The molecule has 0 aliphatic heterocycles. The fraction of sp³-hybridized carbons (Fsp3) is 0.556. The number of sulfonamides is 1. The van der Waals surface area contributed by atoms with Gasteiger partial charge in [-0.15, -0.1) is 0 Å². The zero-order valence-corrected chi connectivity index (χ0v) is 10.9. The van der Waals surface area contributed by atoms with Gasteiger partial charge in [-0.2, -0.15) is 4.72 Å². The van der Waals surface area contributed by atoms with E-state index in [4.69, 9.17) is 11.1 Å². The minimum absolute atomic E-state index is 0.0316. The highest BCUT2D eigenvalue weighted by atomic mass is 32.2. The molecule has 1 aromatic heterocycles. The van der Waals surface area contributed by atoms with E-state index in [0.717, 1.165) is 0 Å². The Morgan fingerprint density at radius 1 is 1.71 bits per heavy atom. The van der Waals surface area contributed by atoms with E-state index in [0.29, 0.717) is 12.2 Å². The Bertz CT molecular complexity index is 521. The second-order valence-electron chi connectivity index (χ2n) is 4.04. The summed E-state index contributed by atoms with van der Waals surface area (Å²) in [6, 6.07) is 0. The number of aromatic amines is 1. The third-order valence-corrected chi connectivity index (χ3v) is 4.14. The smallest absolute Gasteiger partial charge is 0.258 e. The van der Waals surface area contributed by atoms with E-state index < -0.39 is 15.6 Å². The van der Waals surface area contributed by atoms with Gasteiger partial charge in [-0.05, 0) is 20.3 Å². The van der Waals surface area contributed by atoms with Gasteiger partial charge in [-0.1, -0.05) is 6.92 Å². The Labute approximate surface area is 100 Å². The Kier molecular flexibility index (Phi) is 3.58. The van der Waals surface area contributed by atoms with Gasteiger partial charge in [0.05, 0.1) is 11.7 Å². The van der Waals surface area contributed by atoms with Gasteiger partial charge in [-0.25, -0.2) is 13.4 Å². The third kappa shape index (κ3) is 2.83. The van der Waals surface area contributed by atoms with Gasteiger partial charge in [0.2, 0.25) is 0 Å². The lowest BCUT2D eigenvalue weighted by molar-refractivity contribution is 0.503. The maximum Gasteiger partial charge on any atom is 0.258 e. The second kappa shape index (κ2) is 4.46. The summed E-state index contributed by atoms with van der Waals surface area (Å²) in [7, 11) is -3.74. The average molecular weight is 259 g/mol. The van der Waals surface area contributed by atoms with Crippen molar-refractivity contribution >= 4 is 15.9 Å². The van der Waals surface area contributed by atoms with Gasteiger partial charge in [0, 0.05) is 0 Å². The topological polar surface area (TPSA) is 125 Å². The molecule has 0 spiro atoms. The highest BCUT2D eigenvalue weighted by Crippen LogP contribution is 2.14. The van der Waals surface area contributed by atoms with Gasteiger partial charge in [0.25, 0.3) is 10.0 Å². The monoisotopic (exact) mass is 259 g/mol. The maximum absolute atomic E-state index is 12.0. The number of rotatable bonds is 5. The van der Waals surface area contributed by atoms with Crippen molar-refractivity contribution in [2.24, 2.45) is 5.73 Å². The quantitative estimate of drug-likeness (QED) is 0.442. The number of H-pyrrole nitrogens is 1. The number of nitrogens with one attached hydrogen (secondary N) is 3. The van der Waals surface area contributed by atoms with E-state index in [-0.39, 0.29) is 10.9 Å². The molecule has 1 unspecified atom stereocenters. The minimum Gasteiger partial charge on any atom is -0.386 e. The number of nitrogens with two attached hydrogens (primary N) is 1. The molecule has 0 bridgehead atoms. The molecular formula is C9H17N5O2S. The number of hydrogen-bond acceptors (Lipinski definition) is 4. The first-order valence-electron chi connectivity index (χ1n) is 5.11. The molecule has 1 aromatic rings. The minimum atomic E-state index is -3.74. The Morgan fingerprint density at radius 2 is 2.29 bits per heavy atom. The summed E-state index contributed by atoms with van der Waals surface area (Å²) < 4.78 is 26.4. The van der Waals surface area contributed by atoms with Gasteiger partial charge < -0.3 is 10.7 Å². The highest BCUT2D eigenvalue weighted by molar-refractivity contribution is 7.89. The van der Waals surface area contributed by atoms with Crippen molar-refractivity contribution in [1.82, 2.24) is 14.7 Å². The van der Waals surface area contributed by atoms with Crippen LogP contribution in [0.15, 0.2) is 11.2 Å². The third-order valence-electron chi connectivity index (χ3n) is 2.63. The lowest BCUT2D eigenvalue weighted by Crippen LogP contribution is -2.54. The van der Waals surface area contributed by atoms with Crippen LogP contribution in [-0.2, 0) is 10.0 Å². The van der Waals surface area contributed by atoms with Crippen molar-refractivity contribution in [2.75, 3.05) is 0 Å². The molecule has 0 aliphatic rings. The lowest BCUT2D eigenvalue weighted by Gasteiger charge is -2.27. The van der Waals surface area contributed by atoms with Crippen LogP contribution < -0.4 is 10.5 Å². The van der Waals surface area contributed by atoms with Crippen molar-refractivity contribution in [3.8, 4) is 0 Å². The van der Waals surface area contributed by atoms with Gasteiger partial charge >= 0.3 is 0 Å². The van der Waals surface area contributed by atoms with E-state index in [1.54, 1.807) is 20.8 Å². The Morgan fingerprint density at radius 3 is 2.65 bits per heavy atom. The standard InChI is InChI=1S/C9H17N5O2S/c1-4-9(3,8(10)11)14-17(15,16)7-5-12-6(2)13-7/h5,14H,4H2,1-3H3,(H3,10,11)(H,12,13). The van der Waals surface area contributed by atoms with Crippen LogP contribution in [0.5, 0.6) is 0 Å². The zero-order chi connectivity index (χ0) is 13.3. The van der Waals surface area contributed by atoms with Crippen LogP contribution in [0.4, 0.5) is 0 Å². The second-order valence-corrected chi connectivity index (χ2v) is 5.69. The van der Waals surface area contributed by atoms with E-state index in [1.165, 1.54) is 6.20 Å². The molecule has 96 valence electrons. The molecule has 1 heterocycles. The number of aromatic nitrogens is 2. The summed E-state index contributed by atoms with van der Waals surface area (Å²) in [5.41, 5.74) is 4.32. The molecule has 8 heteroatoms. The molecule has 0 radical (unpaired) electrons. The highest BCUT2D eigenvalue weighted by Gasteiger charge is 2.32. The van der Waals surface area contributed by atoms with Gasteiger partial charge in [0.1, 0.15) is 11.7 Å². The van der Waals surface area contributed by atoms with E-state index in [2.05, 4.69) is 14.7 Å². The van der Waals surface area contributed by atoms with E-state index in [1.807, 2.05) is 0 Å². The summed E-state index contributed by atoms with van der Waals surface area (Å²) in [4.78, 5) is 6.45. The first-order valence-corrected chi connectivity index (χ1v) is 6.59. The molecule has 5 N–H and O–H groups in total. The molecule has 0 saturated carbocycles. The predicted molar refractivity (Wildman–Crippen MR) is 64.3 cm³/mol. The SMILES string of the molecule is CCC(C)(NS(=O)(=O)c1cnc(C)[nH]1)C(=N)N. The van der Waals surface area contributed by atoms with Crippen LogP contribution in [0, 0.1) is 12.3 Å². The summed E-state index contributed by atoms with van der Waals surface area (Å²) in [6.45, 7) is 4.97. The first kappa shape index (κ1) is 13.7. The molecule has 0 aromatic carbocycles. The molecule has 0 aliphatic carbocycles. The van der Waals surface area contributed by atoms with E-state index >= 15 is 0 Å². The fourth-order valence-electron chi connectivity index (χ4n) is 1.20. The molecule has 0 amide bonds. The largest absolute Gasteiger partial charge is 0.386 e. The van der Waals surface area contributed by atoms with E-state index in [9.17, 15) is 8.42 Å². The normalized spacial score (nSPS) is 15.5. The van der Waals surface area contributed by atoms with Crippen molar-refractivity contribution in [1.29, 1.82) is 5.41 Å². The first-order chi connectivity index (χ1) is 7.71. The number of amidine groups is 1. The Hall–Kier alpha value is -1.41. The summed E-state index contributed by atoms with van der Waals surface area (Å²) >= 11 is 0. The van der Waals surface area contributed by atoms with Crippen molar-refractivity contribution in [2.45, 2.75) is 37.8 Å². The lowest BCUT2D eigenvalue weighted by atomic mass is 10.00. The summed E-state index contributed by atoms with van der Waals surface area (Å²) in [6.07, 6.45) is 1.61. The van der Waals surface area contributed by atoms with Crippen LogP contribution >= 0.6 is 0 Å². The Balaban J connectivity index is 3.06. The van der Waals surface area contributed by atoms with Crippen LogP contribution in [-0.4, -0.2) is 29.8 Å².